The van der Waals surface area contributed by atoms with Crippen molar-refractivity contribution in [2.24, 2.45) is 5.92 Å². The fourth-order valence-electron chi connectivity index (χ4n) is 1.31. The molecule has 0 heterocycles. The summed E-state index contributed by atoms with van der Waals surface area (Å²) in [7, 11) is 0. The Morgan fingerprint density at radius 3 is 2.83 bits per heavy atom. The zero-order valence-corrected chi connectivity index (χ0v) is 10.5. The number of aliphatic hydroxyl groups excluding tert-OH is 1. The Hall–Kier alpha value is -1.86. The summed E-state index contributed by atoms with van der Waals surface area (Å²) >= 11 is 0. The van der Waals surface area contributed by atoms with Gasteiger partial charge < -0.3 is 10.4 Å². The zero-order chi connectivity index (χ0) is 13.5. The molecule has 1 amide bonds. The Bertz CT molecular complexity index is 486. The maximum Gasteiger partial charge on any atom is 0.254 e. The lowest BCUT2D eigenvalue weighted by Gasteiger charge is -2.08. The lowest BCUT2D eigenvalue weighted by Crippen LogP contribution is -2.28. The molecule has 96 valence electrons. The molecule has 0 aromatic heterocycles. The molecule has 0 aliphatic heterocycles. The van der Waals surface area contributed by atoms with E-state index in [2.05, 4.69) is 17.2 Å². The first-order valence-electron chi connectivity index (χ1n) is 5.72. The largest absolute Gasteiger partial charge is 0.384 e. The predicted octanol–water partition coefficient (Wildman–Crippen LogP) is 1.56. The lowest BCUT2D eigenvalue weighted by atomic mass is 10.1. The quantitative estimate of drug-likeness (QED) is 0.799. The third-order valence-corrected chi connectivity index (χ3v) is 2.19. The summed E-state index contributed by atoms with van der Waals surface area (Å²) < 4.78 is 13.5. The van der Waals surface area contributed by atoms with Crippen LogP contribution in [0.4, 0.5) is 4.39 Å². The normalized spacial score (nSPS) is 9.83. The van der Waals surface area contributed by atoms with Crippen molar-refractivity contribution in [1.29, 1.82) is 0 Å². The molecule has 0 atom stereocenters. The maximum absolute atomic E-state index is 13.5. The van der Waals surface area contributed by atoms with Gasteiger partial charge in [-0.25, -0.2) is 4.39 Å². The van der Waals surface area contributed by atoms with Gasteiger partial charge in [0.1, 0.15) is 12.4 Å². The van der Waals surface area contributed by atoms with E-state index >= 15 is 0 Å². The average Bonchev–Trinajstić information content (AvgIpc) is 2.35. The first kappa shape index (κ1) is 14.2. The number of benzene rings is 1. The summed E-state index contributed by atoms with van der Waals surface area (Å²) in [5.74, 6) is 4.36. The molecule has 0 aliphatic rings. The van der Waals surface area contributed by atoms with E-state index in [4.69, 9.17) is 5.11 Å². The summed E-state index contributed by atoms with van der Waals surface area (Å²) in [5.41, 5.74) is 0.473. The molecule has 2 N–H and O–H groups in total. The van der Waals surface area contributed by atoms with Crippen LogP contribution in [0.15, 0.2) is 18.2 Å². The van der Waals surface area contributed by atoms with Crippen molar-refractivity contribution in [1.82, 2.24) is 5.32 Å². The number of hydrogen-bond donors (Lipinski definition) is 2. The molecular formula is C14H16FNO2. The van der Waals surface area contributed by atoms with Crippen molar-refractivity contribution in [3.8, 4) is 11.8 Å². The molecule has 0 spiro atoms. The standard InChI is InChI=1S/C14H16FNO2/c1-10(2)9-16-14(18)12-8-11(4-3-7-17)5-6-13(12)15/h5-6,8,10,17H,7,9H2,1-2H3,(H,16,18). The Kier molecular flexibility index (Phi) is 5.34. The van der Waals surface area contributed by atoms with Gasteiger partial charge in [0.15, 0.2) is 0 Å². The van der Waals surface area contributed by atoms with Crippen LogP contribution in [0.5, 0.6) is 0 Å². The van der Waals surface area contributed by atoms with Gasteiger partial charge in [0.2, 0.25) is 0 Å². The van der Waals surface area contributed by atoms with Gasteiger partial charge in [-0.3, -0.25) is 4.79 Å². The highest BCUT2D eigenvalue weighted by molar-refractivity contribution is 5.94. The van der Waals surface area contributed by atoms with Crippen LogP contribution in [0.1, 0.15) is 29.8 Å². The van der Waals surface area contributed by atoms with E-state index in [1.54, 1.807) is 0 Å². The number of amides is 1. The van der Waals surface area contributed by atoms with E-state index < -0.39 is 11.7 Å². The van der Waals surface area contributed by atoms with E-state index in [1.807, 2.05) is 13.8 Å². The summed E-state index contributed by atoms with van der Waals surface area (Å²) in [6.07, 6.45) is 0. The van der Waals surface area contributed by atoms with Crippen molar-refractivity contribution in [2.45, 2.75) is 13.8 Å². The van der Waals surface area contributed by atoms with E-state index in [0.717, 1.165) is 0 Å². The SMILES string of the molecule is CC(C)CNC(=O)c1cc(C#CCO)ccc1F. The first-order valence-corrected chi connectivity index (χ1v) is 5.72. The third-order valence-electron chi connectivity index (χ3n) is 2.19. The van der Waals surface area contributed by atoms with E-state index in [9.17, 15) is 9.18 Å². The fourth-order valence-corrected chi connectivity index (χ4v) is 1.31. The molecule has 1 aromatic carbocycles. The number of rotatable bonds is 3. The molecule has 0 fully saturated rings. The van der Waals surface area contributed by atoms with Gasteiger partial charge in [-0.1, -0.05) is 25.7 Å². The van der Waals surface area contributed by atoms with Crippen LogP contribution < -0.4 is 5.32 Å². The molecule has 0 radical (unpaired) electrons. The highest BCUT2D eigenvalue weighted by Gasteiger charge is 2.12. The van der Waals surface area contributed by atoms with E-state index in [1.165, 1.54) is 18.2 Å². The molecule has 0 saturated carbocycles. The Morgan fingerprint density at radius 1 is 1.50 bits per heavy atom. The monoisotopic (exact) mass is 249 g/mol. The zero-order valence-electron chi connectivity index (χ0n) is 10.5. The van der Waals surface area contributed by atoms with Gasteiger partial charge in [0.25, 0.3) is 5.91 Å². The van der Waals surface area contributed by atoms with Crippen molar-refractivity contribution < 1.29 is 14.3 Å². The van der Waals surface area contributed by atoms with Gasteiger partial charge >= 0.3 is 0 Å². The minimum absolute atomic E-state index is 0.0274. The van der Waals surface area contributed by atoms with Crippen molar-refractivity contribution in [2.75, 3.05) is 13.2 Å². The van der Waals surface area contributed by atoms with Gasteiger partial charge in [-0.15, -0.1) is 0 Å². The molecule has 0 bridgehead atoms. The Morgan fingerprint density at radius 2 is 2.22 bits per heavy atom. The van der Waals surface area contributed by atoms with Crippen LogP contribution in [0.3, 0.4) is 0 Å². The minimum Gasteiger partial charge on any atom is -0.384 e. The summed E-state index contributed by atoms with van der Waals surface area (Å²) in [6, 6.07) is 4.05. The van der Waals surface area contributed by atoms with Gasteiger partial charge in [0, 0.05) is 12.1 Å². The second kappa shape index (κ2) is 6.77. The van der Waals surface area contributed by atoms with Crippen LogP contribution in [0.25, 0.3) is 0 Å². The molecule has 0 unspecified atom stereocenters. The number of carbonyl (C=O) groups excluding carboxylic acids is 1. The molecule has 4 heteroatoms. The first-order chi connectivity index (χ1) is 8.54. The van der Waals surface area contributed by atoms with Crippen molar-refractivity contribution >= 4 is 5.91 Å². The average molecular weight is 249 g/mol. The van der Waals surface area contributed by atoms with Crippen LogP contribution in [0.2, 0.25) is 0 Å². The van der Waals surface area contributed by atoms with Gasteiger partial charge in [-0.05, 0) is 24.1 Å². The Labute approximate surface area is 106 Å². The van der Waals surface area contributed by atoms with Crippen LogP contribution in [-0.4, -0.2) is 24.2 Å². The van der Waals surface area contributed by atoms with Gasteiger partial charge in [-0.2, -0.15) is 0 Å². The number of nitrogens with one attached hydrogen (secondary N) is 1. The molecule has 0 aliphatic carbocycles. The predicted molar refractivity (Wildman–Crippen MR) is 67.5 cm³/mol. The van der Waals surface area contributed by atoms with Crippen LogP contribution in [-0.2, 0) is 0 Å². The highest BCUT2D eigenvalue weighted by atomic mass is 19.1. The fraction of sp³-hybridized carbons (Fsp3) is 0.357. The summed E-state index contributed by atoms with van der Waals surface area (Å²) in [4.78, 5) is 11.7. The third kappa shape index (κ3) is 4.19. The maximum atomic E-state index is 13.5. The second-order valence-electron chi connectivity index (χ2n) is 4.26. The van der Waals surface area contributed by atoms with Crippen LogP contribution >= 0.6 is 0 Å². The van der Waals surface area contributed by atoms with Crippen molar-refractivity contribution in [3.05, 3.63) is 35.1 Å². The lowest BCUT2D eigenvalue weighted by molar-refractivity contribution is 0.0945. The van der Waals surface area contributed by atoms with Gasteiger partial charge in [0.05, 0.1) is 5.56 Å². The number of aliphatic hydroxyl groups is 1. The summed E-state index contributed by atoms with van der Waals surface area (Å²) in [6.45, 7) is 4.14. The molecule has 0 saturated heterocycles. The minimum atomic E-state index is -0.578. The topological polar surface area (TPSA) is 49.3 Å². The molecular weight excluding hydrogens is 233 g/mol. The van der Waals surface area contributed by atoms with E-state index in [0.29, 0.717) is 18.0 Å². The van der Waals surface area contributed by atoms with E-state index in [-0.39, 0.29) is 12.2 Å². The summed E-state index contributed by atoms with van der Waals surface area (Å²) in [5, 5.41) is 11.2. The Balaban J connectivity index is 2.89. The van der Waals surface area contributed by atoms with Crippen molar-refractivity contribution in [3.63, 3.8) is 0 Å². The smallest absolute Gasteiger partial charge is 0.254 e. The highest BCUT2D eigenvalue weighted by Crippen LogP contribution is 2.10. The number of halogens is 1. The molecule has 1 aromatic rings. The second-order valence-corrected chi connectivity index (χ2v) is 4.26. The number of carbonyl (C=O) groups is 1. The molecule has 3 nitrogen and oxygen atoms in total. The van der Waals surface area contributed by atoms with Crippen LogP contribution in [0, 0.1) is 23.6 Å². The molecule has 1 rings (SSSR count). The molecule has 18 heavy (non-hydrogen) atoms. The number of hydrogen-bond acceptors (Lipinski definition) is 2.